The molecule has 18 heteroatoms. The van der Waals surface area contributed by atoms with Crippen LogP contribution in [0.15, 0.2) is 60.8 Å². The molecule has 5 rings (SSSR count). The molecule has 1 aliphatic heterocycles. The predicted molar refractivity (Wildman–Crippen MR) is 201 cm³/mol. The molecule has 3 heterocycles. The first-order chi connectivity index (χ1) is 25.9. The molecule has 53 heavy (non-hydrogen) atoms. The molecule has 0 bridgehead atoms. The molecule has 0 aliphatic carbocycles. The predicted octanol–water partition coefficient (Wildman–Crippen LogP) is 5.23. The number of halogens is 1. The third-order valence-corrected chi connectivity index (χ3v) is 10.4. The van der Waals surface area contributed by atoms with Gasteiger partial charge in [0.25, 0.3) is 0 Å². The van der Waals surface area contributed by atoms with Crippen LogP contribution in [0, 0.1) is 12.3 Å². The van der Waals surface area contributed by atoms with Gasteiger partial charge in [0.2, 0.25) is 5.28 Å². The molecule has 1 aliphatic rings. The maximum absolute atomic E-state index is 9.93. The smallest absolute Gasteiger partial charge is 0.226 e. The van der Waals surface area contributed by atoms with Crippen molar-refractivity contribution in [1.82, 2.24) is 19.7 Å². The Hall–Kier alpha value is -3.06. The molecule has 0 radical (unpaired) electrons. The van der Waals surface area contributed by atoms with Crippen LogP contribution in [0.25, 0.3) is 11.0 Å². The molecule has 15 nitrogen and oxygen atoms in total. The van der Waals surface area contributed by atoms with E-state index in [0.29, 0.717) is 94.8 Å². The Morgan fingerprint density at radius 3 is 2.26 bits per heavy atom. The lowest BCUT2D eigenvalue weighted by Crippen LogP contribution is -2.28. The molecule has 286 valence electrons. The molecule has 0 saturated carbocycles. The minimum atomic E-state index is -2.24. The van der Waals surface area contributed by atoms with E-state index in [9.17, 15) is 4.89 Å². The third-order valence-electron chi connectivity index (χ3n) is 7.80. The van der Waals surface area contributed by atoms with E-state index >= 15 is 0 Å². The molecule has 3 N–H and O–H groups in total. The highest BCUT2D eigenvalue weighted by Gasteiger charge is 2.31. The number of terminal acetylenes is 1. The fraction of sp³-hybridized carbons (Fsp3) is 0.457. The lowest BCUT2D eigenvalue weighted by Gasteiger charge is -2.25. The monoisotopic (exact) mass is 791 g/mol. The maximum Gasteiger partial charge on any atom is 0.226 e. The number of anilines is 1. The lowest BCUT2D eigenvalue weighted by molar-refractivity contribution is -0.0213. The van der Waals surface area contributed by atoms with Gasteiger partial charge in [-0.25, -0.2) is 4.68 Å². The van der Waals surface area contributed by atoms with Crippen LogP contribution in [0.1, 0.15) is 24.6 Å². The Labute approximate surface area is 315 Å². The molecular weight excluding hydrogens is 748 g/mol. The molecular formula is C35H44ClN5O10P2. The maximum atomic E-state index is 9.93. The number of fused-ring (bicyclic) bond motifs is 1. The molecule has 0 spiro atoms. The number of rotatable bonds is 24. The van der Waals surface area contributed by atoms with Gasteiger partial charge in [-0.15, -0.1) is 6.42 Å². The van der Waals surface area contributed by atoms with Crippen molar-refractivity contribution in [2.24, 2.45) is 0 Å². The molecule has 3 unspecified atom stereocenters. The van der Waals surface area contributed by atoms with Crippen LogP contribution >= 0.6 is 28.4 Å². The van der Waals surface area contributed by atoms with E-state index in [-0.39, 0.29) is 30.5 Å². The molecule has 4 aromatic rings. The average molecular weight is 792 g/mol. The molecule has 3 atom stereocenters. The quantitative estimate of drug-likeness (QED) is 0.0365. The van der Waals surface area contributed by atoms with Crippen LogP contribution in [-0.4, -0.2) is 112 Å². The minimum Gasteiger partial charge on any atom is -0.457 e. The zero-order chi connectivity index (χ0) is 37.3. The number of nitrogens with zero attached hydrogens (tertiary/aromatic N) is 5. The van der Waals surface area contributed by atoms with Crippen LogP contribution in [0.3, 0.4) is 0 Å². The average Bonchev–Trinajstić information content (AvgIpc) is 3.80. The molecule has 1 fully saturated rings. The minimum absolute atomic E-state index is 0.0540. The Bertz CT molecular complexity index is 1700. The summed E-state index contributed by atoms with van der Waals surface area (Å²) < 4.78 is 41.5. The van der Waals surface area contributed by atoms with Crippen LogP contribution in [0.4, 0.5) is 5.82 Å². The van der Waals surface area contributed by atoms with Crippen LogP contribution in [-0.2, 0) is 34.8 Å². The van der Waals surface area contributed by atoms with E-state index in [2.05, 4.69) is 25.9 Å². The molecule has 2 aromatic carbocycles. The van der Waals surface area contributed by atoms with Gasteiger partial charge in [0.15, 0.2) is 28.6 Å². The van der Waals surface area contributed by atoms with Crippen molar-refractivity contribution in [3.8, 4) is 23.8 Å². The number of hydrogen-bond acceptors (Lipinski definition) is 14. The van der Waals surface area contributed by atoms with Crippen LogP contribution in [0.2, 0.25) is 5.28 Å². The van der Waals surface area contributed by atoms with Gasteiger partial charge in [-0.3, -0.25) is 0 Å². The highest BCUT2D eigenvalue weighted by atomic mass is 35.5. The molecule has 1 saturated heterocycles. The Kier molecular flexibility index (Phi) is 17.3. The summed E-state index contributed by atoms with van der Waals surface area (Å²) in [5, 5.41) is 5.37. The lowest BCUT2D eigenvalue weighted by atomic mass is 10.2. The highest BCUT2D eigenvalue weighted by molar-refractivity contribution is 7.63. The van der Waals surface area contributed by atoms with Gasteiger partial charge >= 0.3 is 0 Å². The number of ether oxygens (including phenoxy) is 6. The van der Waals surface area contributed by atoms with Gasteiger partial charge in [0, 0.05) is 13.1 Å². The van der Waals surface area contributed by atoms with E-state index in [0.717, 1.165) is 11.3 Å². The van der Waals surface area contributed by atoms with Crippen molar-refractivity contribution in [2.75, 3.05) is 76.8 Å². The van der Waals surface area contributed by atoms with E-state index in [1.165, 1.54) is 0 Å². The molecule has 0 amide bonds. The first-order valence-electron chi connectivity index (χ1n) is 17.0. The van der Waals surface area contributed by atoms with Crippen molar-refractivity contribution in [2.45, 2.75) is 31.7 Å². The SMILES string of the molecule is C#CCOCCOCCOCCOCCN(Cc1ccc(Oc2ccccc2)cc1)c1nc(Cl)nc2c1cnn2C1CCC(COP(O)CP(O)O)O1. The second kappa shape index (κ2) is 22.4. The summed E-state index contributed by atoms with van der Waals surface area (Å²) in [5.41, 5.74) is 1.52. The number of aromatic nitrogens is 4. The topological polar surface area (TPSA) is 172 Å². The normalized spacial score (nSPS) is 16.3. The van der Waals surface area contributed by atoms with E-state index in [1.807, 2.05) is 54.6 Å². The molecule has 2 aromatic heterocycles. The summed E-state index contributed by atoms with van der Waals surface area (Å²) in [4.78, 5) is 39.5. The summed E-state index contributed by atoms with van der Waals surface area (Å²) in [6.45, 7) is 4.31. The van der Waals surface area contributed by atoms with Crippen molar-refractivity contribution in [3.05, 3.63) is 71.6 Å². The zero-order valence-corrected chi connectivity index (χ0v) is 31.7. The summed E-state index contributed by atoms with van der Waals surface area (Å²) >= 11 is 6.54. The van der Waals surface area contributed by atoms with Gasteiger partial charge in [-0.2, -0.15) is 15.1 Å². The number of benzene rings is 2. The fourth-order valence-corrected chi connectivity index (χ4v) is 7.07. The van der Waals surface area contributed by atoms with Crippen LogP contribution < -0.4 is 9.64 Å². The van der Waals surface area contributed by atoms with E-state index in [1.54, 1.807) is 10.9 Å². The summed E-state index contributed by atoms with van der Waals surface area (Å²) in [6, 6.07) is 17.4. The standard InChI is InChI=1S/C35H44ClN5O10P2/c1-2-15-45-17-19-47-21-22-48-20-18-46-16-14-40(24-27-8-10-29(11-9-27)50-28-6-4-3-5-7-28)33-31-23-37-41(34(31)39-35(36)38-33)32-13-12-30(51-32)25-49-53(44)26-52(42)43/h1,3-11,23,30,32,42-44H,12-22,24-26H2. The summed E-state index contributed by atoms with van der Waals surface area (Å²) in [5.74, 6) is 4.28. The van der Waals surface area contributed by atoms with Crippen LogP contribution in [0.5, 0.6) is 11.5 Å². The highest BCUT2D eigenvalue weighted by Crippen LogP contribution is 2.44. The van der Waals surface area contributed by atoms with Gasteiger partial charge in [-0.05, 0) is 54.3 Å². The van der Waals surface area contributed by atoms with Gasteiger partial charge in [-0.1, -0.05) is 36.3 Å². The number of para-hydroxylation sites is 1. The second-order valence-corrected chi connectivity index (χ2v) is 14.8. The summed E-state index contributed by atoms with van der Waals surface area (Å²) in [7, 11) is -4.18. The number of hydrogen-bond donors (Lipinski definition) is 3. The van der Waals surface area contributed by atoms with Gasteiger partial charge in [0.05, 0.1) is 76.4 Å². The fourth-order valence-electron chi connectivity index (χ4n) is 5.38. The van der Waals surface area contributed by atoms with Crippen molar-refractivity contribution in [1.29, 1.82) is 0 Å². The van der Waals surface area contributed by atoms with Gasteiger partial charge < -0.3 is 52.5 Å². The Morgan fingerprint density at radius 2 is 1.57 bits per heavy atom. The van der Waals surface area contributed by atoms with E-state index in [4.69, 9.17) is 60.8 Å². The van der Waals surface area contributed by atoms with Crippen molar-refractivity contribution in [3.63, 3.8) is 0 Å². The van der Waals surface area contributed by atoms with Crippen molar-refractivity contribution < 1.29 is 47.6 Å². The van der Waals surface area contributed by atoms with Gasteiger partial charge in [0.1, 0.15) is 23.9 Å². The summed E-state index contributed by atoms with van der Waals surface area (Å²) in [6.07, 6.45) is 7.38. The first kappa shape index (κ1) is 41.1. The third kappa shape index (κ3) is 13.6. The zero-order valence-electron chi connectivity index (χ0n) is 29.1. The largest absolute Gasteiger partial charge is 0.457 e. The first-order valence-corrected chi connectivity index (χ1v) is 20.2. The Morgan fingerprint density at radius 1 is 0.887 bits per heavy atom. The second-order valence-electron chi connectivity index (χ2n) is 11.7. The van der Waals surface area contributed by atoms with Crippen molar-refractivity contribution >= 4 is 45.2 Å². The van der Waals surface area contributed by atoms with E-state index < -0.39 is 23.0 Å². The Balaban J connectivity index is 1.22.